The van der Waals surface area contributed by atoms with Crippen molar-refractivity contribution >= 4 is 23.4 Å². The van der Waals surface area contributed by atoms with E-state index in [-0.39, 0.29) is 24.3 Å². The van der Waals surface area contributed by atoms with Crippen molar-refractivity contribution in [3.05, 3.63) is 48.4 Å². The molecule has 1 atom stereocenters. The minimum Gasteiger partial charge on any atom is -0.355 e. The maximum Gasteiger partial charge on any atom is 0.222 e. The molecular weight excluding hydrogens is 421 g/mol. The van der Waals surface area contributed by atoms with Gasteiger partial charge in [0.1, 0.15) is 5.82 Å². The van der Waals surface area contributed by atoms with Gasteiger partial charge < -0.3 is 15.2 Å². The third kappa shape index (κ3) is 4.29. The molecule has 5 heterocycles. The van der Waals surface area contributed by atoms with Gasteiger partial charge in [0.2, 0.25) is 5.91 Å². The number of piperazine rings is 1. The van der Waals surface area contributed by atoms with Gasteiger partial charge in [-0.2, -0.15) is 4.39 Å². The Kier molecular flexibility index (Phi) is 5.74. The number of H-pyrrole nitrogens is 1. The molecule has 2 aliphatic heterocycles. The average Bonchev–Trinajstić information content (AvgIpc) is 3.19. The lowest BCUT2D eigenvalue weighted by Gasteiger charge is -2.38. The van der Waals surface area contributed by atoms with Crippen LogP contribution in [-0.2, 0) is 4.79 Å². The van der Waals surface area contributed by atoms with Crippen molar-refractivity contribution in [3.8, 4) is 22.5 Å². The van der Waals surface area contributed by atoms with Crippen LogP contribution in [0.5, 0.6) is 0 Å². The van der Waals surface area contributed by atoms with Crippen molar-refractivity contribution in [1.82, 2.24) is 24.8 Å². The predicted molar refractivity (Wildman–Crippen MR) is 126 cm³/mol. The Balaban J connectivity index is 1.66. The molecule has 2 N–H and O–H groups in total. The number of nitrogens with one attached hydrogen (secondary N) is 2. The molecule has 3 aromatic rings. The van der Waals surface area contributed by atoms with Crippen LogP contribution < -0.4 is 5.32 Å². The van der Waals surface area contributed by atoms with Gasteiger partial charge in [-0.15, -0.1) is 0 Å². The molecule has 3 aromatic heterocycles. The Labute approximate surface area is 191 Å². The second-order valence-electron chi connectivity index (χ2n) is 8.51. The number of amides is 1. The first kappa shape index (κ1) is 21.4. The lowest BCUT2D eigenvalue weighted by molar-refractivity contribution is -0.114. The SMILES string of the molecule is CC(=O)Nc1cc(-c2[nH]c3c(c2-c2ccccn2)N=C(F)CC3N2CCN(C)CC2)ccn1. The van der Waals surface area contributed by atoms with E-state index >= 15 is 0 Å². The molecule has 1 saturated heterocycles. The van der Waals surface area contributed by atoms with Crippen molar-refractivity contribution in [3.63, 3.8) is 0 Å². The molecule has 1 amide bonds. The maximum absolute atomic E-state index is 14.9. The Bertz CT molecular complexity index is 1200. The molecule has 0 saturated carbocycles. The van der Waals surface area contributed by atoms with Gasteiger partial charge in [-0.3, -0.25) is 14.7 Å². The summed E-state index contributed by atoms with van der Waals surface area (Å²) in [6, 6.07) is 9.19. The fraction of sp³-hybridized carbons (Fsp3) is 0.333. The highest BCUT2D eigenvalue weighted by atomic mass is 19.1. The summed E-state index contributed by atoms with van der Waals surface area (Å²) in [7, 11) is 2.10. The third-order valence-corrected chi connectivity index (χ3v) is 6.18. The van der Waals surface area contributed by atoms with E-state index in [1.165, 1.54) is 6.92 Å². The first-order chi connectivity index (χ1) is 16.0. The summed E-state index contributed by atoms with van der Waals surface area (Å²) in [5.41, 5.74) is 4.55. The van der Waals surface area contributed by atoms with E-state index in [4.69, 9.17) is 0 Å². The first-order valence-electron chi connectivity index (χ1n) is 11.1. The number of fused-ring (bicyclic) bond motifs is 1. The summed E-state index contributed by atoms with van der Waals surface area (Å²) in [4.78, 5) is 32.9. The number of carbonyl (C=O) groups excluding carboxylic acids is 1. The molecule has 170 valence electrons. The quantitative estimate of drug-likeness (QED) is 0.635. The Hall–Kier alpha value is -3.43. The number of anilines is 1. The lowest BCUT2D eigenvalue weighted by atomic mass is 9.99. The van der Waals surface area contributed by atoms with E-state index in [1.54, 1.807) is 18.5 Å². The Morgan fingerprint density at radius 1 is 1.15 bits per heavy atom. The standard InChI is InChI=1S/C24H26FN7O/c1-15(33)28-20-13-16(6-8-27-20)22-21(17-5-3-4-7-26-17)24-23(30-22)18(14-19(25)29-24)32-11-9-31(2)10-12-32/h3-8,13,18,30H,9-12,14H2,1-2H3,(H,27,28,33). The largest absolute Gasteiger partial charge is 0.355 e. The molecule has 0 aromatic carbocycles. The molecule has 8 nitrogen and oxygen atoms in total. The summed E-state index contributed by atoms with van der Waals surface area (Å²) in [6.07, 6.45) is 3.60. The molecule has 9 heteroatoms. The maximum atomic E-state index is 14.9. The summed E-state index contributed by atoms with van der Waals surface area (Å²) in [6.45, 7) is 5.05. The minimum atomic E-state index is -0.372. The van der Waals surface area contributed by atoms with Crippen LogP contribution in [0.2, 0.25) is 0 Å². The van der Waals surface area contributed by atoms with Gasteiger partial charge in [0, 0.05) is 57.5 Å². The summed E-state index contributed by atoms with van der Waals surface area (Å²) < 4.78 is 14.9. The van der Waals surface area contributed by atoms with E-state index in [1.807, 2.05) is 24.3 Å². The Morgan fingerprint density at radius 2 is 1.97 bits per heavy atom. The molecule has 0 spiro atoms. The summed E-state index contributed by atoms with van der Waals surface area (Å²) >= 11 is 0. The molecule has 0 bridgehead atoms. The number of hydrogen-bond acceptors (Lipinski definition) is 6. The molecule has 1 unspecified atom stereocenters. The van der Waals surface area contributed by atoms with Crippen LogP contribution in [0.25, 0.3) is 22.5 Å². The summed E-state index contributed by atoms with van der Waals surface area (Å²) in [5.74, 6) is -0.121. The number of halogens is 1. The van der Waals surface area contributed by atoms with Crippen molar-refractivity contribution in [2.24, 2.45) is 4.99 Å². The average molecular weight is 448 g/mol. The van der Waals surface area contributed by atoms with Gasteiger partial charge in [-0.05, 0) is 31.3 Å². The van der Waals surface area contributed by atoms with Gasteiger partial charge >= 0.3 is 0 Å². The number of pyridine rings is 2. The number of hydrogen-bond donors (Lipinski definition) is 2. The molecule has 1 fully saturated rings. The van der Waals surface area contributed by atoms with Gasteiger partial charge in [0.15, 0.2) is 5.97 Å². The number of nitrogens with zero attached hydrogens (tertiary/aromatic N) is 5. The van der Waals surface area contributed by atoms with Crippen molar-refractivity contribution in [2.45, 2.75) is 19.4 Å². The van der Waals surface area contributed by atoms with E-state index in [0.717, 1.165) is 48.7 Å². The van der Waals surface area contributed by atoms with Crippen LogP contribution in [0.15, 0.2) is 47.7 Å². The Morgan fingerprint density at radius 3 is 2.70 bits per heavy atom. The number of aromatic nitrogens is 3. The number of carbonyl (C=O) groups is 1. The van der Waals surface area contributed by atoms with Crippen molar-refractivity contribution in [2.75, 3.05) is 38.5 Å². The van der Waals surface area contributed by atoms with Crippen LogP contribution in [0.4, 0.5) is 15.9 Å². The fourth-order valence-electron chi connectivity index (χ4n) is 4.55. The van der Waals surface area contributed by atoms with Gasteiger partial charge in [0.05, 0.1) is 34.4 Å². The zero-order chi connectivity index (χ0) is 22.9. The molecule has 0 radical (unpaired) electrons. The molecule has 0 aliphatic carbocycles. The first-order valence-corrected chi connectivity index (χ1v) is 11.1. The number of aromatic amines is 1. The second-order valence-corrected chi connectivity index (χ2v) is 8.51. The normalized spacial score (nSPS) is 19.1. The number of rotatable bonds is 4. The van der Waals surface area contributed by atoms with Crippen LogP contribution in [0.3, 0.4) is 0 Å². The fourth-order valence-corrected chi connectivity index (χ4v) is 4.55. The van der Waals surface area contributed by atoms with Crippen LogP contribution in [0.1, 0.15) is 25.1 Å². The van der Waals surface area contributed by atoms with Gasteiger partial charge in [0.25, 0.3) is 0 Å². The molecule has 33 heavy (non-hydrogen) atoms. The topological polar surface area (TPSA) is 89.5 Å². The zero-order valence-electron chi connectivity index (χ0n) is 18.7. The van der Waals surface area contributed by atoms with Gasteiger partial charge in [-0.25, -0.2) is 9.98 Å². The lowest BCUT2D eigenvalue weighted by Crippen LogP contribution is -2.46. The minimum absolute atomic E-state index is 0.126. The van der Waals surface area contributed by atoms with Crippen molar-refractivity contribution in [1.29, 1.82) is 0 Å². The van der Waals surface area contributed by atoms with E-state index in [9.17, 15) is 9.18 Å². The highest BCUT2D eigenvalue weighted by Gasteiger charge is 2.35. The molecule has 5 rings (SSSR count). The zero-order valence-corrected chi connectivity index (χ0v) is 18.7. The number of likely N-dealkylation sites (N-methyl/N-ethyl adjacent to an activating group) is 1. The monoisotopic (exact) mass is 447 g/mol. The highest BCUT2D eigenvalue weighted by molar-refractivity contribution is 5.95. The van der Waals surface area contributed by atoms with Crippen LogP contribution in [-0.4, -0.2) is 69.9 Å². The van der Waals surface area contributed by atoms with E-state index in [0.29, 0.717) is 17.2 Å². The summed E-state index contributed by atoms with van der Waals surface area (Å²) in [5, 5.41) is 2.73. The second kappa shape index (κ2) is 8.84. The molecule has 2 aliphatic rings. The van der Waals surface area contributed by atoms with E-state index < -0.39 is 0 Å². The van der Waals surface area contributed by atoms with Gasteiger partial charge in [-0.1, -0.05) is 6.07 Å². The van der Waals surface area contributed by atoms with Crippen LogP contribution >= 0.6 is 0 Å². The molecular formula is C24H26FN7O. The van der Waals surface area contributed by atoms with Crippen molar-refractivity contribution < 1.29 is 9.18 Å². The van der Waals surface area contributed by atoms with E-state index in [2.05, 4.69) is 42.1 Å². The van der Waals surface area contributed by atoms with Crippen LogP contribution in [0, 0.1) is 0 Å². The third-order valence-electron chi connectivity index (χ3n) is 6.18. The smallest absolute Gasteiger partial charge is 0.222 e. The number of aliphatic imine (C=N–C) groups is 1. The predicted octanol–water partition coefficient (Wildman–Crippen LogP) is 3.79. The highest BCUT2D eigenvalue weighted by Crippen LogP contribution is 2.47.